The molecule has 0 saturated heterocycles. The quantitative estimate of drug-likeness (QED) is 0.441. The van der Waals surface area contributed by atoms with Crippen molar-refractivity contribution >= 4 is 27.7 Å². The van der Waals surface area contributed by atoms with Crippen LogP contribution >= 0.6 is 15.9 Å². The van der Waals surface area contributed by atoms with Crippen molar-refractivity contribution in [2.45, 2.75) is 25.5 Å². The van der Waals surface area contributed by atoms with Crippen LogP contribution in [0, 0.1) is 5.82 Å². The minimum absolute atomic E-state index is 0.146. The fourth-order valence-electron chi connectivity index (χ4n) is 3.81. The van der Waals surface area contributed by atoms with Crippen LogP contribution in [-0.2, 0) is 17.8 Å². The first kappa shape index (κ1) is 20.4. The Bertz CT molecular complexity index is 1060. The normalized spacial score (nSPS) is 15.4. The molecule has 30 heavy (non-hydrogen) atoms. The van der Waals surface area contributed by atoms with Crippen molar-refractivity contribution in [3.8, 4) is 5.75 Å². The zero-order valence-corrected chi connectivity index (χ0v) is 18.1. The second-order valence-electron chi connectivity index (χ2n) is 7.13. The highest BCUT2D eigenvalue weighted by Gasteiger charge is 2.35. The number of nitrogens with zero attached hydrogens (tertiary/aromatic N) is 1. The zero-order valence-electron chi connectivity index (χ0n) is 16.5. The first-order valence-corrected chi connectivity index (χ1v) is 10.5. The van der Waals surface area contributed by atoms with Crippen molar-refractivity contribution in [3.63, 3.8) is 0 Å². The minimum Gasteiger partial charge on any atom is -0.497 e. The summed E-state index contributed by atoms with van der Waals surface area (Å²) in [5, 5.41) is 0. The van der Waals surface area contributed by atoms with Gasteiger partial charge in [-0.05, 0) is 48.2 Å². The van der Waals surface area contributed by atoms with E-state index in [0.717, 1.165) is 11.1 Å². The molecular formula is C24H21BrFNO3. The van der Waals surface area contributed by atoms with E-state index >= 15 is 0 Å². The van der Waals surface area contributed by atoms with E-state index in [1.54, 1.807) is 18.1 Å². The average Bonchev–Trinajstić information content (AvgIpc) is 2.77. The number of halogens is 2. The lowest BCUT2D eigenvalue weighted by molar-refractivity contribution is 0.143. The van der Waals surface area contributed by atoms with E-state index in [1.807, 2.05) is 54.6 Å². The second-order valence-corrected chi connectivity index (χ2v) is 8.04. The Hall–Kier alpha value is -2.86. The summed E-state index contributed by atoms with van der Waals surface area (Å²) in [6.07, 6.45) is 0.600. The summed E-state index contributed by atoms with van der Waals surface area (Å²) in [4.78, 5) is 14.8. The van der Waals surface area contributed by atoms with Gasteiger partial charge in [-0.2, -0.15) is 0 Å². The van der Waals surface area contributed by atoms with Crippen LogP contribution in [0.4, 0.5) is 14.9 Å². The largest absolute Gasteiger partial charge is 0.497 e. The minimum atomic E-state index is -0.509. The van der Waals surface area contributed by atoms with Gasteiger partial charge in [-0.1, -0.05) is 58.4 Å². The summed E-state index contributed by atoms with van der Waals surface area (Å²) >= 11 is 3.35. The summed E-state index contributed by atoms with van der Waals surface area (Å²) in [7, 11) is 1.60. The molecule has 0 fully saturated rings. The maximum atomic E-state index is 14.6. The molecule has 0 bridgehead atoms. The van der Waals surface area contributed by atoms with E-state index < -0.39 is 6.09 Å². The van der Waals surface area contributed by atoms with E-state index in [-0.39, 0.29) is 18.5 Å². The van der Waals surface area contributed by atoms with Gasteiger partial charge in [-0.25, -0.2) is 9.18 Å². The molecule has 4 nitrogen and oxygen atoms in total. The molecule has 3 aromatic carbocycles. The van der Waals surface area contributed by atoms with Crippen molar-refractivity contribution < 1.29 is 18.7 Å². The Kier molecular flexibility index (Phi) is 6.04. The maximum absolute atomic E-state index is 14.6. The number of rotatable bonds is 4. The zero-order chi connectivity index (χ0) is 21.1. The van der Waals surface area contributed by atoms with Crippen molar-refractivity contribution in [1.29, 1.82) is 0 Å². The Morgan fingerprint density at radius 1 is 1.13 bits per heavy atom. The molecule has 0 N–H and O–H groups in total. The molecule has 6 heteroatoms. The fourth-order valence-corrected chi connectivity index (χ4v) is 4.23. The van der Waals surface area contributed by atoms with Gasteiger partial charge in [0, 0.05) is 10.0 Å². The second kappa shape index (κ2) is 8.88. The number of methoxy groups -OCH3 is 1. The topological polar surface area (TPSA) is 38.8 Å². The van der Waals surface area contributed by atoms with Crippen LogP contribution in [-0.4, -0.2) is 13.2 Å². The highest BCUT2D eigenvalue weighted by Crippen LogP contribution is 2.42. The SMILES string of the molecule is COc1cccc(C2CCc3c(F)cc(Br)cc3N2C(=O)OCc2ccccc2)c1. The number of carbonyl (C=O) groups is 1. The van der Waals surface area contributed by atoms with Gasteiger partial charge < -0.3 is 9.47 Å². The van der Waals surface area contributed by atoms with E-state index in [9.17, 15) is 9.18 Å². The molecule has 1 aliphatic rings. The molecule has 0 radical (unpaired) electrons. The van der Waals surface area contributed by atoms with Crippen LogP contribution in [0.5, 0.6) is 5.75 Å². The van der Waals surface area contributed by atoms with Crippen LogP contribution < -0.4 is 9.64 Å². The predicted octanol–water partition coefficient (Wildman–Crippen LogP) is 6.43. The third-order valence-corrected chi connectivity index (χ3v) is 5.71. The lowest BCUT2D eigenvalue weighted by Gasteiger charge is -2.37. The van der Waals surface area contributed by atoms with Gasteiger partial charge in [0.05, 0.1) is 18.8 Å². The molecule has 0 aliphatic carbocycles. The Morgan fingerprint density at radius 2 is 1.93 bits per heavy atom. The number of ether oxygens (including phenoxy) is 2. The molecular weight excluding hydrogens is 449 g/mol. The summed E-state index contributed by atoms with van der Waals surface area (Å²) in [6.45, 7) is 0.146. The molecule has 1 amide bonds. The third kappa shape index (κ3) is 4.19. The number of amides is 1. The summed E-state index contributed by atoms with van der Waals surface area (Å²) in [5.41, 5.74) is 2.85. The molecule has 4 rings (SSSR count). The highest BCUT2D eigenvalue weighted by atomic mass is 79.9. The van der Waals surface area contributed by atoms with Crippen LogP contribution in [0.2, 0.25) is 0 Å². The van der Waals surface area contributed by atoms with E-state index in [2.05, 4.69) is 15.9 Å². The van der Waals surface area contributed by atoms with Crippen molar-refractivity contribution in [2.24, 2.45) is 0 Å². The van der Waals surface area contributed by atoms with E-state index in [4.69, 9.17) is 9.47 Å². The number of hydrogen-bond donors (Lipinski definition) is 0. The smallest absolute Gasteiger partial charge is 0.415 e. The molecule has 0 spiro atoms. The van der Waals surface area contributed by atoms with Gasteiger partial charge in [0.25, 0.3) is 0 Å². The summed E-state index contributed by atoms with van der Waals surface area (Å²) < 4.78 is 26.2. The molecule has 154 valence electrons. The molecule has 1 aliphatic heterocycles. The Balaban J connectivity index is 1.71. The van der Waals surface area contributed by atoms with Gasteiger partial charge in [0.1, 0.15) is 18.2 Å². The van der Waals surface area contributed by atoms with E-state index in [0.29, 0.717) is 34.3 Å². The maximum Gasteiger partial charge on any atom is 0.415 e. The molecule has 1 atom stereocenters. The average molecular weight is 470 g/mol. The van der Waals surface area contributed by atoms with Crippen molar-refractivity contribution in [1.82, 2.24) is 0 Å². The van der Waals surface area contributed by atoms with Crippen molar-refractivity contribution in [2.75, 3.05) is 12.0 Å². The van der Waals surface area contributed by atoms with Crippen LogP contribution in [0.15, 0.2) is 71.2 Å². The van der Waals surface area contributed by atoms with Crippen LogP contribution in [0.25, 0.3) is 0 Å². The first-order valence-electron chi connectivity index (χ1n) is 9.68. The van der Waals surface area contributed by atoms with E-state index in [1.165, 1.54) is 6.07 Å². The van der Waals surface area contributed by atoms with Gasteiger partial charge in [0.2, 0.25) is 0 Å². The third-order valence-electron chi connectivity index (χ3n) is 5.26. The lowest BCUT2D eigenvalue weighted by Crippen LogP contribution is -2.39. The van der Waals surface area contributed by atoms with Crippen LogP contribution in [0.3, 0.4) is 0 Å². The number of hydrogen-bond acceptors (Lipinski definition) is 3. The van der Waals surface area contributed by atoms with Gasteiger partial charge in [-0.15, -0.1) is 0 Å². The molecule has 3 aromatic rings. The Morgan fingerprint density at radius 3 is 2.70 bits per heavy atom. The van der Waals surface area contributed by atoms with Gasteiger partial charge in [0.15, 0.2) is 0 Å². The number of carbonyl (C=O) groups excluding carboxylic acids is 1. The van der Waals surface area contributed by atoms with Crippen LogP contribution in [0.1, 0.15) is 29.2 Å². The first-order chi connectivity index (χ1) is 14.6. The molecule has 0 aromatic heterocycles. The fraction of sp³-hybridized carbons (Fsp3) is 0.208. The predicted molar refractivity (Wildman–Crippen MR) is 117 cm³/mol. The molecule has 0 saturated carbocycles. The monoisotopic (exact) mass is 469 g/mol. The highest BCUT2D eigenvalue weighted by molar-refractivity contribution is 9.10. The van der Waals surface area contributed by atoms with Crippen molar-refractivity contribution in [3.05, 3.63) is 93.7 Å². The number of fused-ring (bicyclic) bond motifs is 1. The molecule has 1 heterocycles. The summed E-state index contributed by atoms with van der Waals surface area (Å²) in [6, 6.07) is 20.0. The van der Waals surface area contributed by atoms with Gasteiger partial charge >= 0.3 is 6.09 Å². The van der Waals surface area contributed by atoms with Gasteiger partial charge in [-0.3, -0.25) is 4.90 Å². The number of anilines is 1. The summed E-state index contributed by atoms with van der Waals surface area (Å²) in [5.74, 6) is 0.376. The Labute approximate surface area is 183 Å². The standard InChI is InChI=1S/C24H21BrFNO3/c1-29-19-9-5-8-17(12-19)22-11-10-20-21(26)13-18(25)14-23(20)27(22)24(28)30-15-16-6-3-2-4-7-16/h2-9,12-14,22H,10-11,15H2,1H3. The lowest BCUT2D eigenvalue weighted by atomic mass is 9.91. The molecule has 1 unspecified atom stereocenters. The number of benzene rings is 3.